The minimum Gasteiger partial charge on any atom is -0.350 e. The number of hydrazone groups is 1. The van der Waals surface area contributed by atoms with Crippen molar-refractivity contribution in [3.05, 3.63) is 59.4 Å². The van der Waals surface area contributed by atoms with Gasteiger partial charge in [-0.2, -0.15) is 5.10 Å². The fourth-order valence-electron chi connectivity index (χ4n) is 4.02. The maximum atomic E-state index is 13.2. The number of amides is 2. The Balaban J connectivity index is 1.57. The van der Waals surface area contributed by atoms with Crippen molar-refractivity contribution in [2.45, 2.75) is 38.6 Å². The average Bonchev–Trinajstić information content (AvgIpc) is 3.27. The van der Waals surface area contributed by atoms with Crippen LogP contribution in [0.3, 0.4) is 0 Å². The molecule has 2 aromatic rings. The molecule has 1 aromatic carbocycles. The lowest BCUT2D eigenvalue weighted by atomic mass is 9.84. The second-order valence-electron chi connectivity index (χ2n) is 8.24. The molecule has 1 atom stereocenters. The highest BCUT2D eigenvalue weighted by atomic mass is 16.2. The molecule has 0 saturated heterocycles. The second kappa shape index (κ2) is 7.85. The molecule has 29 heavy (non-hydrogen) atoms. The number of nitrogens with zero attached hydrogens (tertiary/aromatic N) is 4. The normalized spacial score (nSPS) is 19.1. The molecule has 1 fully saturated rings. The smallest absolute Gasteiger partial charge is 0.262 e. The van der Waals surface area contributed by atoms with Crippen LogP contribution < -0.4 is 0 Å². The minimum atomic E-state index is -0.153. The van der Waals surface area contributed by atoms with Crippen molar-refractivity contribution in [3.63, 3.8) is 0 Å². The zero-order valence-corrected chi connectivity index (χ0v) is 17.3. The van der Waals surface area contributed by atoms with Crippen LogP contribution in [0.25, 0.3) is 0 Å². The molecule has 4 rings (SSSR count). The zero-order valence-electron chi connectivity index (χ0n) is 17.3. The standard InChI is InChI=1S/C23H28N4O2/c1-16-9-11-17(12-10-16)21-14-19(20-8-5-13-25(20)2)24-27(21)22(28)15-26(3)23(29)18-6-4-7-18/h5,8-13,18,21H,4,6-7,14-15H2,1-3H3. The SMILES string of the molecule is Cc1ccc(C2CC(c3cccn3C)=NN2C(=O)CN(C)C(=O)C2CCC2)cc1. The van der Waals surface area contributed by atoms with Gasteiger partial charge in [-0.3, -0.25) is 9.59 Å². The quantitative estimate of drug-likeness (QED) is 0.784. The van der Waals surface area contributed by atoms with Gasteiger partial charge in [0.05, 0.1) is 17.4 Å². The predicted molar refractivity (Wildman–Crippen MR) is 112 cm³/mol. The molecule has 6 nitrogen and oxygen atoms in total. The van der Waals surface area contributed by atoms with Crippen LogP contribution in [0.1, 0.15) is 48.5 Å². The molecule has 6 heteroatoms. The van der Waals surface area contributed by atoms with E-state index in [4.69, 9.17) is 5.10 Å². The van der Waals surface area contributed by atoms with Crippen molar-refractivity contribution in [1.82, 2.24) is 14.5 Å². The summed E-state index contributed by atoms with van der Waals surface area (Å²) < 4.78 is 2.02. The molecule has 1 unspecified atom stereocenters. The lowest BCUT2D eigenvalue weighted by Crippen LogP contribution is -2.42. The first-order chi connectivity index (χ1) is 13.9. The molecule has 2 amide bonds. The van der Waals surface area contributed by atoms with Gasteiger partial charge in [0.1, 0.15) is 6.54 Å². The van der Waals surface area contributed by atoms with Gasteiger partial charge in [0.25, 0.3) is 5.91 Å². The predicted octanol–water partition coefficient (Wildman–Crippen LogP) is 3.27. The van der Waals surface area contributed by atoms with Crippen molar-refractivity contribution < 1.29 is 9.59 Å². The van der Waals surface area contributed by atoms with E-state index in [0.29, 0.717) is 6.42 Å². The Labute approximate surface area is 171 Å². The van der Waals surface area contributed by atoms with Crippen molar-refractivity contribution in [2.75, 3.05) is 13.6 Å². The summed E-state index contributed by atoms with van der Waals surface area (Å²) in [5, 5.41) is 6.29. The van der Waals surface area contributed by atoms with E-state index in [0.717, 1.165) is 36.2 Å². The van der Waals surface area contributed by atoms with Gasteiger partial charge in [-0.05, 0) is 37.5 Å². The molecule has 1 aromatic heterocycles. The van der Waals surface area contributed by atoms with Gasteiger partial charge >= 0.3 is 0 Å². The van der Waals surface area contributed by atoms with Crippen LogP contribution in [-0.4, -0.2) is 45.6 Å². The Morgan fingerprint density at radius 2 is 1.90 bits per heavy atom. The third-order valence-electron chi connectivity index (χ3n) is 6.07. The number of carbonyl (C=O) groups is 2. The van der Waals surface area contributed by atoms with Crippen molar-refractivity contribution in [2.24, 2.45) is 18.1 Å². The minimum absolute atomic E-state index is 0.0572. The Bertz CT molecular complexity index is 940. The summed E-state index contributed by atoms with van der Waals surface area (Å²) in [7, 11) is 3.70. The van der Waals surface area contributed by atoms with Crippen LogP contribution in [0.15, 0.2) is 47.7 Å². The van der Waals surface area contributed by atoms with Crippen molar-refractivity contribution >= 4 is 17.5 Å². The van der Waals surface area contributed by atoms with E-state index in [2.05, 4.69) is 24.3 Å². The van der Waals surface area contributed by atoms with E-state index in [1.807, 2.05) is 36.9 Å². The van der Waals surface area contributed by atoms with Crippen LogP contribution in [0.4, 0.5) is 0 Å². The first kappa shape index (κ1) is 19.4. The van der Waals surface area contributed by atoms with Gasteiger partial charge in [-0.1, -0.05) is 36.2 Å². The molecule has 0 N–H and O–H groups in total. The zero-order chi connectivity index (χ0) is 20.5. The number of rotatable bonds is 5. The Morgan fingerprint density at radius 3 is 2.48 bits per heavy atom. The molecule has 2 heterocycles. The van der Waals surface area contributed by atoms with Gasteiger partial charge in [0.15, 0.2) is 0 Å². The van der Waals surface area contributed by atoms with Crippen LogP contribution >= 0.6 is 0 Å². The first-order valence-electron chi connectivity index (χ1n) is 10.3. The van der Waals surface area contributed by atoms with E-state index in [9.17, 15) is 9.59 Å². The molecule has 2 aliphatic rings. The molecule has 1 saturated carbocycles. The number of hydrogen-bond donors (Lipinski definition) is 0. The largest absolute Gasteiger partial charge is 0.350 e. The first-order valence-corrected chi connectivity index (χ1v) is 10.3. The van der Waals surface area contributed by atoms with Gasteiger partial charge in [0.2, 0.25) is 5.91 Å². The molecule has 0 spiro atoms. The van der Waals surface area contributed by atoms with E-state index < -0.39 is 0 Å². The molecule has 0 radical (unpaired) electrons. The lowest BCUT2D eigenvalue weighted by Gasteiger charge is -2.30. The number of likely N-dealkylation sites (N-methyl/N-ethyl adjacent to an activating group) is 1. The van der Waals surface area contributed by atoms with Gasteiger partial charge in [-0.25, -0.2) is 5.01 Å². The maximum absolute atomic E-state index is 13.2. The maximum Gasteiger partial charge on any atom is 0.262 e. The van der Waals surface area contributed by atoms with Crippen LogP contribution in [0, 0.1) is 12.8 Å². The Morgan fingerprint density at radius 1 is 1.17 bits per heavy atom. The number of carbonyl (C=O) groups excluding carboxylic acids is 2. The summed E-state index contributed by atoms with van der Waals surface area (Å²) in [6, 6.07) is 12.1. The van der Waals surface area contributed by atoms with Gasteiger partial charge in [-0.15, -0.1) is 0 Å². The van der Waals surface area contributed by atoms with Crippen LogP contribution in [0.5, 0.6) is 0 Å². The lowest BCUT2D eigenvalue weighted by molar-refractivity contribution is -0.144. The van der Waals surface area contributed by atoms with Crippen LogP contribution in [-0.2, 0) is 16.6 Å². The molecular formula is C23H28N4O2. The van der Waals surface area contributed by atoms with Gasteiger partial charge in [0, 0.05) is 32.6 Å². The Hall–Kier alpha value is -2.89. The summed E-state index contributed by atoms with van der Waals surface area (Å²) in [5.74, 6) is 0.0129. The van der Waals surface area contributed by atoms with Gasteiger partial charge < -0.3 is 9.47 Å². The summed E-state index contributed by atoms with van der Waals surface area (Å²) in [4.78, 5) is 27.2. The van der Waals surface area contributed by atoms with Crippen molar-refractivity contribution in [1.29, 1.82) is 0 Å². The third kappa shape index (κ3) is 3.84. The molecule has 152 valence electrons. The molecule has 1 aliphatic carbocycles. The number of aryl methyl sites for hydroxylation is 2. The summed E-state index contributed by atoms with van der Waals surface area (Å²) in [6.45, 7) is 2.11. The molecular weight excluding hydrogens is 364 g/mol. The Kier molecular flexibility index (Phi) is 5.26. The second-order valence-corrected chi connectivity index (χ2v) is 8.24. The monoisotopic (exact) mass is 392 g/mol. The summed E-state index contributed by atoms with van der Waals surface area (Å²) >= 11 is 0. The topological polar surface area (TPSA) is 57.9 Å². The highest BCUT2D eigenvalue weighted by molar-refractivity contribution is 6.02. The third-order valence-corrected chi connectivity index (χ3v) is 6.07. The number of aromatic nitrogens is 1. The van der Waals surface area contributed by atoms with E-state index in [1.165, 1.54) is 5.56 Å². The number of hydrogen-bond acceptors (Lipinski definition) is 3. The summed E-state index contributed by atoms with van der Waals surface area (Å²) in [6.07, 6.45) is 5.61. The average molecular weight is 393 g/mol. The van der Waals surface area contributed by atoms with E-state index >= 15 is 0 Å². The molecule has 1 aliphatic heterocycles. The van der Waals surface area contributed by atoms with Crippen LogP contribution in [0.2, 0.25) is 0 Å². The number of benzene rings is 1. The fourth-order valence-corrected chi connectivity index (χ4v) is 4.02. The highest BCUT2D eigenvalue weighted by Gasteiger charge is 2.35. The summed E-state index contributed by atoms with van der Waals surface area (Å²) in [5.41, 5.74) is 4.14. The fraction of sp³-hybridized carbons (Fsp3) is 0.435. The molecule has 0 bridgehead atoms. The highest BCUT2D eigenvalue weighted by Crippen LogP contribution is 2.33. The van der Waals surface area contributed by atoms with Crippen molar-refractivity contribution in [3.8, 4) is 0 Å². The van der Waals surface area contributed by atoms with E-state index in [1.54, 1.807) is 17.0 Å². The van der Waals surface area contributed by atoms with E-state index in [-0.39, 0.29) is 30.3 Å².